The molecule has 1 aliphatic rings. The van der Waals surface area contributed by atoms with Crippen molar-refractivity contribution >= 4 is 18.3 Å². The van der Waals surface area contributed by atoms with Crippen LogP contribution in [0, 0.1) is 0 Å². The van der Waals surface area contributed by atoms with Gasteiger partial charge in [-0.15, -0.1) is 0 Å². The highest BCUT2D eigenvalue weighted by atomic mass is 16.5. The van der Waals surface area contributed by atoms with E-state index in [1.807, 2.05) is 24.3 Å². The molecule has 1 aliphatic heterocycles. The molecule has 3 rings (SSSR count). The van der Waals surface area contributed by atoms with Gasteiger partial charge in [-0.3, -0.25) is 9.59 Å². The molecule has 7 heteroatoms. The lowest BCUT2D eigenvalue weighted by Gasteiger charge is -2.32. The quantitative estimate of drug-likeness (QED) is 0.773. The van der Waals surface area contributed by atoms with Gasteiger partial charge in [0.1, 0.15) is 12.4 Å². The molecule has 7 nitrogen and oxygen atoms in total. The molecular weight excluding hydrogens is 360 g/mol. The Morgan fingerprint density at radius 2 is 1.93 bits per heavy atom. The highest BCUT2D eigenvalue weighted by Crippen LogP contribution is 2.29. The summed E-state index contributed by atoms with van der Waals surface area (Å²) in [6.45, 7) is 1.34. The molecule has 3 N–H and O–H groups in total. The number of nitrogens with zero attached hydrogens (tertiary/aromatic N) is 1. The summed E-state index contributed by atoms with van der Waals surface area (Å²) in [7, 11) is 0. The number of hydrogen-bond acceptors (Lipinski definition) is 5. The molecule has 2 aromatic carbocycles. The van der Waals surface area contributed by atoms with E-state index in [4.69, 9.17) is 10.5 Å². The molecule has 0 aliphatic carbocycles. The number of rotatable bonds is 5. The molecule has 0 unspecified atom stereocenters. The number of piperidine rings is 1. The summed E-state index contributed by atoms with van der Waals surface area (Å²) < 4.78 is 4.84. The fraction of sp³-hybridized carbons (Fsp3) is 0.286. The third-order valence-electron chi connectivity index (χ3n) is 4.99. The number of amides is 2. The number of hydrogen-bond donors (Lipinski definition) is 2. The molecule has 0 aromatic heterocycles. The van der Waals surface area contributed by atoms with Crippen LogP contribution >= 0.6 is 0 Å². The largest absolute Gasteiger partial charge is 0.507 e. The molecule has 1 fully saturated rings. The van der Waals surface area contributed by atoms with Crippen molar-refractivity contribution < 1.29 is 24.2 Å². The van der Waals surface area contributed by atoms with Crippen molar-refractivity contribution in [1.82, 2.24) is 4.90 Å². The number of aldehydes is 1. The molecule has 0 spiro atoms. The fourth-order valence-corrected chi connectivity index (χ4v) is 3.47. The van der Waals surface area contributed by atoms with Gasteiger partial charge in [-0.25, -0.2) is 4.79 Å². The Kier molecular flexibility index (Phi) is 5.93. The van der Waals surface area contributed by atoms with E-state index in [2.05, 4.69) is 0 Å². The Morgan fingerprint density at radius 3 is 2.61 bits per heavy atom. The number of carbonyl (C=O) groups is 3. The lowest BCUT2D eigenvalue weighted by molar-refractivity contribution is 0.0713. The fourth-order valence-electron chi connectivity index (χ4n) is 3.47. The number of carbonyl (C=O) groups excluding carboxylic acids is 3. The number of ether oxygens (including phenoxy) is 1. The van der Waals surface area contributed by atoms with Crippen molar-refractivity contribution in [1.29, 1.82) is 0 Å². The first-order valence-corrected chi connectivity index (χ1v) is 9.06. The number of primary amides is 1. The van der Waals surface area contributed by atoms with Crippen LogP contribution in [-0.2, 0) is 11.3 Å². The Bertz CT molecular complexity index is 888. The SMILES string of the molecule is NC(=O)OCc1cccc(C2CCN(C(=O)c3ccc(O)c(C=O)c3)CC2)c1. The van der Waals surface area contributed by atoms with Gasteiger partial charge in [0.15, 0.2) is 6.29 Å². The van der Waals surface area contributed by atoms with E-state index >= 15 is 0 Å². The molecule has 1 saturated heterocycles. The number of likely N-dealkylation sites (tertiary alicyclic amines) is 1. The minimum absolute atomic E-state index is 0.107. The van der Waals surface area contributed by atoms with E-state index in [0.29, 0.717) is 30.9 Å². The van der Waals surface area contributed by atoms with Crippen molar-refractivity contribution in [3.63, 3.8) is 0 Å². The van der Waals surface area contributed by atoms with Gasteiger partial charge in [-0.05, 0) is 48.1 Å². The van der Waals surface area contributed by atoms with Gasteiger partial charge in [0.2, 0.25) is 0 Å². The van der Waals surface area contributed by atoms with Crippen LogP contribution in [0.2, 0.25) is 0 Å². The number of benzene rings is 2. The highest BCUT2D eigenvalue weighted by Gasteiger charge is 2.25. The zero-order chi connectivity index (χ0) is 20.1. The molecule has 2 aromatic rings. The predicted molar refractivity (Wildman–Crippen MR) is 102 cm³/mol. The Hall–Kier alpha value is -3.35. The molecule has 0 atom stereocenters. The van der Waals surface area contributed by atoms with Crippen LogP contribution in [0.25, 0.3) is 0 Å². The van der Waals surface area contributed by atoms with Crippen molar-refractivity contribution in [2.45, 2.75) is 25.4 Å². The molecule has 2 amide bonds. The summed E-state index contributed by atoms with van der Waals surface area (Å²) in [6, 6.07) is 12.1. The van der Waals surface area contributed by atoms with Gasteiger partial charge in [0.25, 0.3) is 5.91 Å². The first-order chi connectivity index (χ1) is 13.5. The molecular formula is C21H22N2O5. The molecule has 146 valence electrons. The van der Waals surface area contributed by atoms with Gasteiger partial charge < -0.3 is 20.5 Å². The maximum atomic E-state index is 12.7. The standard InChI is InChI=1S/C21H22N2O5/c22-21(27)28-13-14-2-1-3-16(10-14)15-6-8-23(9-7-15)20(26)17-4-5-19(25)18(11-17)12-24/h1-5,10-12,15,25H,6-9,13H2,(H2,22,27). The van der Waals surface area contributed by atoms with E-state index < -0.39 is 6.09 Å². The van der Waals surface area contributed by atoms with Crippen molar-refractivity contribution in [3.8, 4) is 5.75 Å². The minimum Gasteiger partial charge on any atom is -0.507 e. The second kappa shape index (κ2) is 8.56. The molecule has 28 heavy (non-hydrogen) atoms. The van der Waals surface area contributed by atoms with Gasteiger partial charge in [-0.2, -0.15) is 0 Å². The Labute approximate surface area is 162 Å². The summed E-state index contributed by atoms with van der Waals surface area (Å²) in [6.07, 6.45) is 1.35. The maximum Gasteiger partial charge on any atom is 0.404 e. The highest BCUT2D eigenvalue weighted by molar-refractivity contribution is 5.96. The first kappa shape index (κ1) is 19.4. The third-order valence-corrected chi connectivity index (χ3v) is 4.99. The normalized spacial score (nSPS) is 14.5. The van der Waals surface area contributed by atoms with Crippen molar-refractivity contribution in [3.05, 3.63) is 64.7 Å². The lowest BCUT2D eigenvalue weighted by Crippen LogP contribution is -2.38. The predicted octanol–water partition coefficient (Wildman–Crippen LogP) is 2.82. The molecule has 0 radical (unpaired) electrons. The average Bonchev–Trinajstić information content (AvgIpc) is 2.72. The topological polar surface area (TPSA) is 110 Å². The zero-order valence-corrected chi connectivity index (χ0v) is 15.3. The van der Waals surface area contributed by atoms with E-state index in [1.165, 1.54) is 18.2 Å². The molecule has 0 bridgehead atoms. The van der Waals surface area contributed by atoms with Crippen LogP contribution in [0.5, 0.6) is 5.75 Å². The number of nitrogens with two attached hydrogens (primary N) is 1. The van der Waals surface area contributed by atoms with Gasteiger partial charge in [0, 0.05) is 18.7 Å². The minimum atomic E-state index is -0.802. The van der Waals surface area contributed by atoms with Crippen LogP contribution in [0.15, 0.2) is 42.5 Å². The van der Waals surface area contributed by atoms with E-state index in [0.717, 1.165) is 24.0 Å². The number of aromatic hydroxyl groups is 1. The first-order valence-electron chi connectivity index (χ1n) is 9.06. The van der Waals surface area contributed by atoms with E-state index in [-0.39, 0.29) is 23.8 Å². The summed E-state index contributed by atoms with van der Waals surface area (Å²) in [5, 5.41) is 9.59. The van der Waals surface area contributed by atoms with E-state index in [9.17, 15) is 19.5 Å². The third kappa shape index (κ3) is 4.49. The van der Waals surface area contributed by atoms with Crippen LogP contribution < -0.4 is 5.73 Å². The van der Waals surface area contributed by atoms with Crippen LogP contribution in [-0.4, -0.2) is 41.4 Å². The smallest absolute Gasteiger partial charge is 0.404 e. The Balaban J connectivity index is 1.63. The second-order valence-corrected chi connectivity index (χ2v) is 6.81. The number of phenols is 1. The van der Waals surface area contributed by atoms with E-state index in [1.54, 1.807) is 4.90 Å². The Morgan fingerprint density at radius 1 is 1.18 bits per heavy atom. The van der Waals surface area contributed by atoms with Crippen molar-refractivity contribution in [2.75, 3.05) is 13.1 Å². The summed E-state index contributed by atoms with van der Waals surface area (Å²) >= 11 is 0. The summed E-state index contributed by atoms with van der Waals surface area (Å²) in [4.78, 5) is 36.2. The van der Waals surface area contributed by atoms with Gasteiger partial charge in [0.05, 0.1) is 5.56 Å². The average molecular weight is 382 g/mol. The molecule has 1 heterocycles. The van der Waals surface area contributed by atoms with Crippen LogP contribution in [0.4, 0.5) is 4.79 Å². The van der Waals surface area contributed by atoms with Gasteiger partial charge >= 0.3 is 6.09 Å². The lowest BCUT2D eigenvalue weighted by atomic mass is 9.88. The zero-order valence-electron chi connectivity index (χ0n) is 15.3. The monoisotopic (exact) mass is 382 g/mol. The molecule has 0 saturated carbocycles. The van der Waals surface area contributed by atoms with Crippen molar-refractivity contribution in [2.24, 2.45) is 5.73 Å². The van der Waals surface area contributed by atoms with Crippen LogP contribution in [0.1, 0.15) is 50.6 Å². The summed E-state index contributed by atoms with van der Waals surface area (Å²) in [5.74, 6) is 0.0264. The maximum absolute atomic E-state index is 12.7. The van der Waals surface area contributed by atoms with Gasteiger partial charge in [-0.1, -0.05) is 24.3 Å². The number of phenolic OH excluding ortho intramolecular Hbond substituents is 1. The second-order valence-electron chi connectivity index (χ2n) is 6.81. The van der Waals surface area contributed by atoms with Crippen LogP contribution in [0.3, 0.4) is 0 Å². The summed E-state index contributed by atoms with van der Waals surface area (Å²) in [5.41, 5.74) is 7.53.